The third kappa shape index (κ3) is 3.55. The van der Waals surface area contributed by atoms with E-state index in [1.54, 1.807) is 11.3 Å². The minimum Gasteiger partial charge on any atom is -0.468 e. The summed E-state index contributed by atoms with van der Waals surface area (Å²) >= 11 is 1.76. The fraction of sp³-hybridized carbons (Fsp3) is 0.400. The molecular formula is C15H19NO2S. The molecule has 0 amide bonds. The second-order valence-corrected chi connectivity index (χ2v) is 5.46. The van der Waals surface area contributed by atoms with E-state index in [0.29, 0.717) is 6.54 Å². The van der Waals surface area contributed by atoms with E-state index in [0.717, 1.165) is 19.5 Å². The quantitative estimate of drug-likeness (QED) is 0.759. The highest BCUT2D eigenvalue weighted by atomic mass is 32.1. The molecule has 3 nitrogen and oxygen atoms in total. The molecule has 0 bridgehead atoms. The molecule has 4 heteroatoms. The number of fused-ring (bicyclic) bond motifs is 1. The summed E-state index contributed by atoms with van der Waals surface area (Å²) in [6.45, 7) is 4.18. The van der Waals surface area contributed by atoms with E-state index in [1.807, 2.05) is 0 Å². The molecule has 0 N–H and O–H groups in total. The maximum absolute atomic E-state index is 11.4. The van der Waals surface area contributed by atoms with Crippen LogP contribution in [0.25, 0.3) is 10.1 Å². The Morgan fingerprint density at radius 1 is 1.37 bits per heavy atom. The van der Waals surface area contributed by atoms with Gasteiger partial charge in [0.1, 0.15) is 0 Å². The minimum atomic E-state index is -0.173. The van der Waals surface area contributed by atoms with Crippen molar-refractivity contribution in [2.24, 2.45) is 0 Å². The Morgan fingerprint density at radius 2 is 2.16 bits per heavy atom. The van der Waals surface area contributed by atoms with Crippen LogP contribution in [0.1, 0.15) is 18.9 Å². The zero-order valence-electron chi connectivity index (χ0n) is 11.4. The first-order valence-corrected chi connectivity index (χ1v) is 7.36. The molecule has 0 atom stereocenters. The lowest BCUT2D eigenvalue weighted by atomic mass is 10.1. The number of thiophene rings is 1. The van der Waals surface area contributed by atoms with Gasteiger partial charge in [-0.2, -0.15) is 0 Å². The van der Waals surface area contributed by atoms with Gasteiger partial charge in [0.05, 0.1) is 13.7 Å². The Morgan fingerprint density at radius 3 is 2.89 bits per heavy atom. The highest BCUT2D eigenvalue weighted by Crippen LogP contribution is 2.26. The van der Waals surface area contributed by atoms with Crippen LogP contribution in [0.2, 0.25) is 0 Å². The SMILES string of the molecule is CCCN(CC(=O)OC)Cc1csc2ccccc12. The van der Waals surface area contributed by atoms with Crippen LogP contribution in [0, 0.1) is 0 Å². The van der Waals surface area contributed by atoms with Crippen LogP contribution in [-0.2, 0) is 16.1 Å². The van der Waals surface area contributed by atoms with Crippen molar-refractivity contribution in [3.63, 3.8) is 0 Å². The van der Waals surface area contributed by atoms with Crippen molar-refractivity contribution in [1.82, 2.24) is 4.90 Å². The second kappa shape index (κ2) is 6.68. The number of ether oxygens (including phenoxy) is 1. The van der Waals surface area contributed by atoms with Crippen LogP contribution in [0.15, 0.2) is 29.6 Å². The standard InChI is InChI=1S/C15H19NO2S/c1-3-8-16(10-15(17)18-2)9-12-11-19-14-7-5-4-6-13(12)14/h4-7,11H,3,8-10H2,1-2H3. The molecule has 2 aromatic rings. The number of methoxy groups -OCH3 is 1. The Bertz CT molecular complexity index is 550. The molecule has 1 aromatic heterocycles. The lowest BCUT2D eigenvalue weighted by molar-refractivity contribution is -0.142. The van der Waals surface area contributed by atoms with Crippen LogP contribution in [-0.4, -0.2) is 31.1 Å². The highest BCUT2D eigenvalue weighted by molar-refractivity contribution is 7.17. The van der Waals surface area contributed by atoms with Gasteiger partial charge in [-0.3, -0.25) is 9.69 Å². The predicted molar refractivity (Wildman–Crippen MR) is 79.4 cm³/mol. The second-order valence-electron chi connectivity index (χ2n) is 4.54. The van der Waals surface area contributed by atoms with Crippen molar-refractivity contribution >= 4 is 27.4 Å². The van der Waals surface area contributed by atoms with Crippen LogP contribution in [0.3, 0.4) is 0 Å². The summed E-state index contributed by atoms with van der Waals surface area (Å²) in [5.74, 6) is -0.173. The molecule has 0 radical (unpaired) electrons. The summed E-state index contributed by atoms with van der Waals surface area (Å²) in [4.78, 5) is 13.6. The van der Waals surface area contributed by atoms with Gasteiger partial charge in [-0.05, 0) is 35.4 Å². The number of nitrogens with zero attached hydrogens (tertiary/aromatic N) is 1. The number of rotatable bonds is 6. The van der Waals surface area contributed by atoms with Gasteiger partial charge in [0.25, 0.3) is 0 Å². The number of esters is 1. The van der Waals surface area contributed by atoms with Crippen molar-refractivity contribution in [2.45, 2.75) is 19.9 Å². The Balaban J connectivity index is 2.14. The molecule has 2 rings (SSSR count). The van der Waals surface area contributed by atoms with Gasteiger partial charge in [-0.1, -0.05) is 25.1 Å². The molecule has 0 aliphatic heterocycles. The van der Waals surface area contributed by atoms with E-state index in [-0.39, 0.29) is 5.97 Å². The predicted octanol–water partition coefficient (Wildman–Crippen LogP) is 3.29. The zero-order chi connectivity index (χ0) is 13.7. The van der Waals surface area contributed by atoms with Gasteiger partial charge in [-0.15, -0.1) is 11.3 Å². The van der Waals surface area contributed by atoms with Crippen molar-refractivity contribution in [3.8, 4) is 0 Å². The van der Waals surface area contributed by atoms with Crippen LogP contribution >= 0.6 is 11.3 Å². The molecule has 102 valence electrons. The molecular weight excluding hydrogens is 258 g/mol. The van der Waals surface area contributed by atoms with Crippen molar-refractivity contribution in [2.75, 3.05) is 20.2 Å². The van der Waals surface area contributed by atoms with E-state index in [4.69, 9.17) is 4.74 Å². The van der Waals surface area contributed by atoms with Gasteiger partial charge >= 0.3 is 5.97 Å². The molecule has 0 unspecified atom stereocenters. The zero-order valence-corrected chi connectivity index (χ0v) is 12.2. The summed E-state index contributed by atoms with van der Waals surface area (Å²) in [5, 5.41) is 3.48. The molecule has 1 heterocycles. The maximum atomic E-state index is 11.4. The number of benzene rings is 1. The molecule has 0 saturated carbocycles. The van der Waals surface area contributed by atoms with Gasteiger partial charge in [0, 0.05) is 11.2 Å². The van der Waals surface area contributed by atoms with Gasteiger partial charge in [0.2, 0.25) is 0 Å². The lowest BCUT2D eigenvalue weighted by Crippen LogP contribution is -2.30. The first-order chi connectivity index (χ1) is 9.24. The molecule has 0 spiro atoms. The Kier molecular flexibility index (Phi) is 4.93. The molecule has 19 heavy (non-hydrogen) atoms. The number of carbonyl (C=O) groups excluding carboxylic acids is 1. The van der Waals surface area contributed by atoms with E-state index in [1.165, 1.54) is 22.8 Å². The monoisotopic (exact) mass is 277 g/mol. The maximum Gasteiger partial charge on any atom is 0.319 e. The van der Waals surface area contributed by atoms with Crippen LogP contribution in [0.4, 0.5) is 0 Å². The summed E-state index contributed by atoms with van der Waals surface area (Å²) in [7, 11) is 1.44. The van der Waals surface area contributed by atoms with Crippen LogP contribution < -0.4 is 0 Å². The molecule has 0 saturated heterocycles. The number of carbonyl (C=O) groups is 1. The van der Waals surface area contributed by atoms with Gasteiger partial charge < -0.3 is 4.74 Å². The largest absolute Gasteiger partial charge is 0.468 e. The smallest absolute Gasteiger partial charge is 0.319 e. The highest BCUT2D eigenvalue weighted by Gasteiger charge is 2.13. The molecule has 0 fully saturated rings. The molecule has 0 aliphatic rings. The summed E-state index contributed by atoms with van der Waals surface area (Å²) in [6.07, 6.45) is 1.03. The van der Waals surface area contributed by atoms with E-state index >= 15 is 0 Å². The first-order valence-electron chi connectivity index (χ1n) is 6.49. The van der Waals surface area contributed by atoms with Gasteiger partial charge in [-0.25, -0.2) is 0 Å². The topological polar surface area (TPSA) is 29.5 Å². The van der Waals surface area contributed by atoms with E-state index < -0.39 is 0 Å². The summed E-state index contributed by atoms with van der Waals surface area (Å²) in [5.41, 5.74) is 1.29. The Hall–Kier alpha value is -1.39. The Labute approximate surface area is 117 Å². The van der Waals surface area contributed by atoms with Gasteiger partial charge in [0.15, 0.2) is 0 Å². The third-order valence-electron chi connectivity index (χ3n) is 3.08. The average molecular weight is 277 g/mol. The lowest BCUT2D eigenvalue weighted by Gasteiger charge is -2.19. The fourth-order valence-corrected chi connectivity index (χ4v) is 3.13. The number of hydrogen-bond acceptors (Lipinski definition) is 4. The normalized spacial score (nSPS) is 11.1. The van der Waals surface area contributed by atoms with Crippen LogP contribution in [0.5, 0.6) is 0 Å². The van der Waals surface area contributed by atoms with Crippen molar-refractivity contribution in [1.29, 1.82) is 0 Å². The minimum absolute atomic E-state index is 0.173. The average Bonchev–Trinajstić information content (AvgIpc) is 2.82. The van der Waals surface area contributed by atoms with E-state index in [9.17, 15) is 4.79 Å². The summed E-state index contributed by atoms with van der Waals surface area (Å²) in [6, 6.07) is 8.39. The molecule has 1 aromatic carbocycles. The molecule has 0 aliphatic carbocycles. The number of hydrogen-bond donors (Lipinski definition) is 0. The van der Waals surface area contributed by atoms with Crippen molar-refractivity contribution < 1.29 is 9.53 Å². The fourth-order valence-electron chi connectivity index (χ4n) is 2.17. The third-order valence-corrected chi connectivity index (χ3v) is 4.09. The summed E-state index contributed by atoms with van der Waals surface area (Å²) < 4.78 is 6.05. The first kappa shape index (κ1) is 14.0. The van der Waals surface area contributed by atoms with Crippen molar-refractivity contribution in [3.05, 3.63) is 35.2 Å². The van der Waals surface area contributed by atoms with E-state index in [2.05, 4.69) is 41.5 Å².